The second-order valence-corrected chi connectivity index (χ2v) is 6.37. The number of benzene rings is 1. The molecule has 2 aromatic rings. The molecule has 0 bridgehead atoms. The average Bonchev–Trinajstić information content (AvgIpc) is 2.77. The monoisotopic (exact) mass is 289 g/mol. The average molecular weight is 290 g/mol. The van der Waals surface area contributed by atoms with E-state index in [-0.39, 0.29) is 5.38 Å². The first-order valence-electron chi connectivity index (χ1n) is 7.00. The minimum absolute atomic E-state index is 0.177. The highest BCUT2D eigenvalue weighted by Crippen LogP contribution is 2.31. The minimum Gasteiger partial charge on any atom is -0.324 e. The van der Waals surface area contributed by atoms with Crippen LogP contribution in [0.4, 0.5) is 0 Å². The molecule has 0 radical (unpaired) electrons. The summed E-state index contributed by atoms with van der Waals surface area (Å²) < 4.78 is 2.19. The lowest BCUT2D eigenvalue weighted by Crippen LogP contribution is -2.12. The molecule has 4 heteroatoms. The molecule has 0 spiro atoms. The third-order valence-corrected chi connectivity index (χ3v) is 3.67. The normalized spacial score (nSPS) is 14.4. The number of hydrogen-bond donors (Lipinski definition) is 0. The van der Waals surface area contributed by atoms with E-state index in [2.05, 4.69) is 36.4 Å². The van der Waals surface area contributed by atoms with Gasteiger partial charge >= 0.3 is 0 Å². The van der Waals surface area contributed by atoms with Gasteiger partial charge in [0.05, 0.1) is 16.5 Å². The van der Waals surface area contributed by atoms with Crippen molar-refractivity contribution in [2.75, 3.05) is 0 Å². The first kappa shape index (κ1) is 14.9. The van der Waals surface area contributed by atoms with Crippen LogP contribution in [0.5, 0.6) is 0 Å². The van der Waals surface area contributed by atoms with Crippen LogP contribution in [-0.2, 0) is 0 Å². The van der Waals surface area contributed by atoms with Crippen LogP contribution in [0, 0.1) is 17.2 Å². The second kappa shape index (κ2) is 5.85. The molecule has 1 aromatic carbocycles. The molecular weight excluding hydrogens is 270 g/mol. The fourth-order valence-corrected chi connectivity index (χ4v) is 2.91. The number of alkyl halides is 1. The van der Waals surface area contributed by atoms with E-state index in [0.29, 0.717) is 17.5 Å². The predicted octanol–water partition coefficient (Wildman–Crippen LogP) is 4.81. The Hall–Kier alpha value is -1.53. The maximum absolute atomic E-state index is 9.23. The molecule has 0 aliphatic rings. The van der Waals surface area contributed by atoms with E-state index in [4.69, 9.17) is 11.6 Å². The van der Waals surface area contributed by atoms with E-state index in [1.165, 1.54) is 0 Å². The maximum Gasteiger partial charge on any atom is 0.128 e. The first-order chi connectivity index (χ1) is 9.45. The minimum atomic E-state index is -0.177. The lowest BCUT2D eigenvalue weighted by atomic mass is 10.0. The number of rotatable bonds is 4. The number of hydrogen-bond acceptors (Lipinski definition) is 2. The molecule has 0 saturated heterocycles. The predicted molar refractivity (Wildman–Crippen MR) is 82.9 cm³/mol. The molecule has 20 heavy (non-hydrogen) atoms. The fourth-order valence-electron chi connectivity index (χ4n) is 2.76. The standard InChI is InChI=1S/C16H20ClN3/c1-10(2)8-11(3)20-14-7-5-6-13(9-18)15(14)19-16(20)12(4)17/h5-7,10-12H,8H2,1-4H3. The highest BCUT2D eigenvalue weighted by atomic mass is 35.5. The highest BCUT2D eigenvalue weighted by molar-refractivity contribution is 6.20. The van der Waals surface area contributed by atoms with Crippen LogP contribution in [0.2, 0.25) is 0 Å². The molecule has 1 heterocycles. The van der Waals surface area contributed by atoms with Gasteiger partial charge in [-0.25, -0.2) is 4.98 Å². The number of nitriles is 1. The lowest BCUT2D eigenvalue weighted by molar-refractivity contribution is 0.425. The summed E-state index contributed by atoms with van der Waals surface area (Å²) in [5.74, 6) is 1.44. The maximum atomic E-state index is 9.23. The van der Waals surface area contributed by atoms with Crippen LogP contribution < -0.4 is 0 Å². The van der Waals surface area contributed by atoms with Gasteiger partial charge in [0.25, 0.3) is 0 Å². The van der Waals surface area contributed by atoms with Crippen molar-refractivity contribution in [1.82, 2.24) is 9.55 Å². The van der Waals surface area contributed by atoms with Gasteiger partial charge in [0, 0.05) is 6.04 Å². The Bertz CT molecular complexity index is 650. The van der Waals surface area contributed by atoms with E-state index in [1.807, 2.05) is 19.1 Å². The fraction of sp³-hybridized carbons (Fsp3) is 0.500. The zero-order valence-corrected chi connectivity index (χ0v) is 13.1. The molecular formula is C16H20ClN3. The van der Waals surface area contributed by atoms with Crippen molar-refractivity contribution in [3.8, 4) is 6.07 Å². The quantitative estimate of drug-likeness (QED) is 0.758. The van der Waals surface area contributed by atoms with Gasteiger partial charge in [-0.05, 0) is 38.3 Å². The summed E-state index contributed by atoms with van der Waals surface area (Å²) in [6.07, 6.45) is 1.05. The van der Waals surface area contributed by atoms with Crippen molar-refractivity contribution in [2.24, 2.45) is 5.92 Å². The zero-order chi connectivity index (χ0) is 14.9. The van der Waals surface area contributed by atoms with Gasteiger partial charge in [-0.1, -0.05) is 19.9 Å². The van der Waals surface area contributed by atoms with Crippen molar-refractivity contribution in [3.63, 3.8) is 0 Å². The van der Waals surface area contributed by atoms with Crippen molar-refractivity contribution >= 4 is 22.6 Å². The van der Waals surface area contributed by atoms with Crippen LogP contribution in [0.3, 0.4) is 0 Å². The summed E-state index contributed by atoms with van der Waals surface area (Å²) in [5.41, 5.74) is 2.37. The molecule has 0 aliphatic carbocycles. The summed E-state index contributed by atoms with van der Waals surface area (Å²) >= 11 is 6.29. The Kier molecular flexibility index (Phi) is 4.35. The Labute approximate surface area is 125 Å². The summed E-state index contributed by atoms with van der Waals surface area (Å²) in [7, 11) is 0. The topological polar surface area (TPSA) is 41.6 Å². The first-order valence-corrected chi connectivity index (χ1v) is 7.44. The van der Waals surface area contributed by atoms with Crippen molar-refractivity contribution in [2.45, 2.75) is 45.5 Å². The number of halogens is 1. The van der Waals surface area contributed by atoms with E-state index in [9.17, 15) is 5.26 Å². The molecule has 2 unspecified atom stereocenters. The van der Waals surface area contributed by atoms with Crippen LogP contribution in [0.25, 0.3) is 11.0 Å². The van der Waals surface area contributed by atoms with Crippen LogP contribution >= 0.6 is 11.6 Å². The van der Waals surface area contributed by atoms with Gasteiger partial charge in [-0.3, -0.25) is 0 Å². The summed E-state index contributed by atoms with van der Waals surface area (Å²) in [6, 6.07) is 8.24. The van der Waals surface area contributed by atoms with Gasteiger partial charge in [0.2, 0.25) is 0 Å². The molecule has 0 N–H and O–H groups in total. The molecule has 0 amide bonds. The van der Waals surface area contributed by atoms with Crippen LogP contribution in [-0.4, -0.2) is 9.55 Å². The molecule has 2 atom stereocenters. The summed E-state index contributed by atoms with van der Waals surface area (Å²) in [5, 5.41) is 9.05. The molecule has 106 valence electrons. The molecule has 0 aliphatic heterocycles. The van der Waals surface area contributed by atoms with Crippen molar-refractivity contribution in [3.05, 3.63) is 29.6 Å². The molecule has 1 aromatic heterocycles. The van der Waals surface area contributed by atoms with Gasteiger partial charge < -0.3 is 4.57 Å². The molecule has 2 rings (SSSR count). The largest absolute Gasteiger partial charge is 0.324 e. The summed E-state index contributed by atoms with van der Waals surface area (Å²) in [6.45, 7) is 8.52. The summed E-state index contributed by atoms with van der Waals surface area (Å²) in [4.78, 5) is 4.62. The van der Waals surface area contributed by atoms with E-state index >= 15 is 0 Å². The van der Waals surface area contributed by atoms with Crippen molar-refractivity contribution in [1.29, 1.82) is 5.26 Å². The second-order valence-electron chi connectivity index (χ2n) is 5.72. The smallest absolute Gasteiger partial charge is 0.128 e. The molecule has 0 fully saturated rings. The number of aromatic nitrogens is 2. The Morgan fingerprint density at radius 1 is 1.30 bits per heavy atom. The van der Waals surface area contributed by atoms with Crippen LogP contribution in [0.15, 0.2) is 18.2 Å². The molecule has 3 nitrogen and oxygen atoms in total. The molecule has 0 saturated carbocycles. The Balaban J connectivity index is 2.67. The Morgan fingerprint density at radius 3 is 2.55 bits per heavy atom. The number of nitrogens with zero attached hydrogens (tertiary/aromatic N) is 3. The van der Waals surface area contributed by atoms with Gasteiger partial charge in [0.1, 0.15) is 17.4 Å². The SMILES string of the molecule is CC(C)CC(C)n1c(C(C)Cl)nc2c(C#N)cccc21. The third kappa shape index (κ3) is 2.66. The third-order valence-electron chi connectivity index (χ3n) is 3.48. The number of para-hydroxylation sites is 1. The van der Waals surface area contributed by atoms with Gasteiger partial charge in [-0.15, -0.1) is 11.6 Å². The lowest BCUT2D eigenvalue weighted by Gasteiger charge is -2.20. The zero-order valence-electron chi connectivity index (χ0n) is 12.4. The van der Waals surface area contributed by atoms with Crippen LogP contribution in [0.1, 0.15) is 56.9 Å². The Morgan fingerprint density at radius 2 is 2.00 bits per heavy atom. The highest BCUT2D eigenvalue weighted by Gasteiger charge is 2.21. The number of fused-ring (bicyclic) bond motifs is 1. The van der Waals surface area contributed by atoms with Crippen molar-refractivity contribution < 1.29 is 0 Å². The van der Waals surface area contributed by atoms with Gasteiger partial charge in [0.15, 0.2) is 0 Å². The van der Waals surface area contributed by atoms with E-state index in [1.54, 1.807) is 6.07 Å². The van der Waals surface area contributed by atoms with Gasteiger partial charge in [-0.2, -0.15) is 5.26 Å². The van der Waals surface area contributed by atoms with E-state index < -0.39 is 0 Å². The number of imidazole rings is 1. The van der Waals surface area contributed by atoms with E-state index in [0.717, 1.165) is 23.3 Å².